The fourth-order valence-corrected chi connectivity index (χ4v) is 1.94. The van der Waals surface area contributed by atoms with E-state index in [0.717, 1.165) is 19.3 Å². The van der Waals surface area contributed by atoms with Crippen LogP contribution in [-0.4, -0.2) is 18.9 Å². The summed E-state index contributed by atoms with van der Waals surface area (Å²) >= 11 is 0. The Bertz CT molecular complexity index is 281. The first kappa shape index (κ1) is 12.0. The SMILES string of the molecule is CC[C@]1(CCC(=O)OC)C=CC(=O)CC1. The van der Waals surface area contributed by atoms with Gasteiger partial charge in [0.05, 0.1) is 7.11 Å². The summed E-state index contributed by atoms with van der Waals surface area (Å²) in [7, 11) is 1.40. The van der Waals surface area contributed by atoms with Crippen LogP contribution in [0, 0.1) is 5.41 Å². The Morgan fingerprint density at radius 3 is 2.80 bits per heavy atom. The Kier molecular flexibility index (Phi) is 4.06. The van der Waals surface area contributed by atoms with Crippen LogP contribution >= 0.6 is 0 Å². The van der Waals surface area contributed by atoms with E-state index >= 15 is 0 Å². The number of carbonyl (C=O) groups excluding carboxylic acids is 2. The molecule has 0 radical (unpaired) electrons. The van der Waals surface area contributed by atoms with Crippen molar-refractivity contribution in [3.8, 4) is 0 Å². The molecule has 0 amide bonds. The summed E-state index contributed by atoms with van der Waals surface area (Å²) in [5, 5.41) is 0. The van der Waals surface area contributed by atoms with Crippen molar-refractivity contribution in [1.82, 2.24) is 0 Å². The average molecular weight is 210 g/mol. The van der Waals surface area contributed by atoms with Gasteiger partial charge in [-0.2, -0.15) is 0 Å². The number of esters is 1. The van der Waals surface area contributed by atoms with Gasteiger partial charge in [-0.3, -0.25) is 9.59 Å². The molecule has 1 aliphatic carbocycles. The molecule has 0 aliphatic heterocycles. The predicted molar refractivity (Wildman–Crippen MR) is 57.4 cm³/mol. The van der Waals surface area contributed by atoms with Crippen molar-refractivity contribution in [2.45, 2.75) is 39.0 Å². The molecule has 84 valence electrons. The molecule has 0 spiro atoms. The second kappa shape index (κ2) is 5.10. The number of hydrogen-bond acceptors (Lipinski definition) is 3. The molecule has 0 aromatic rings. The van der Waals surface area contributed by atoms with Gasteiger partial charge in [0.25, 0.3) is 0 Å². The molecule has 3 heteroatoms. The van der Waals surface area contributed by atoms with Crippen LogP contribution in [-0.2, 0) is 14.3 Å². The number of allylic oxidation sites excluding steroid dienone is 2. The summed E-state index contributed by atoms with van der Waals surface area (Å²) in [6.07, 6.45) is 7.27. The highest BCUT2D eigenvalue weighted by atomic mass is 16.5. The van der Waals surface area contributed by atoms with Gasteiger partial charge in [-0.25, -0.2) is 0 Å². The van der Waals surface area contributed by atoms with Crippen molar-refractivity contribution in [2.75, 3.05) is 7.11 Å². The summed E-state index contributed by atoms with van der Waals surface area (Å²) in [4.78, 5) is 22.1. The molecule has 0 saturated heterocycles. The van der Waals surface area contributed by atoms with Gasteiger partial charge in [0.1, 0.15) is 0 Å². The number of rotatable bonds is 4. The van der Waals surface area contributed by atoms with Gasteiger partial charge in [0.2, 0.25) is 0 Å². The minimum atomic E-state index is -0.173. The van der Waals surface area contributed by atoms with Crippen LogP contribution in [0.15, 0.2) is 12.2 Å². The molecule has 15 heavy (non-hydrogen) atoms. The van der Waals surface area contributed by atoms with E-state index in [2.05, 4.69) is 11.7 Å². The van der Waals surface area contributed by atoms with E-state index < -0.39 is 0 Å². The van der Waals surface area contributed by atoms with Crippen LogP contribution in [0.3, 0.4) is 0 Å². The third-order valence-electron chi connectivity index (χ3n) is 3.25. The van der Waals surface area contributed by atoms with Gasteiger partial charge in [0, 0.05) is 12.8 Å². The van der Waals surface area contributed by atoms with E-state index in [1.54, 1.807) is 6.08 Å². The largest absolute Gasteiger partial charge is 0.469 e. The quantitative estimate of drug-likeness (QED) is 0.668. The first-order chi connectivity index (χ1) is 7.12. The molecule has 1 atom stereocenters. The summed E-state index contributed by atoms with van der Waals surface area (Å²) in [6.45, 7) is 2.09. The van der Waals surface area contributed by atoms with Crippen LogP contribution in [0.2, 0.25) is 0 Å². The van der Waals surface area contributed by atoms with Crippen molar-refractivity contribution < 1.29 is 14.3 Å². The van der Waals surface area contributed by atoms with Gasteiger partial charge >= 0.3 is 5.97 Å². The molecule has 0 N–H and O–H groups in total. The lowest BCUT2D eigenvalue weighted by Gasteiger charge is -2.31. The standard InChI is InChI=1S/C12H18O3/c1-3-12(9-6-11(14)15-2)7-4-10(13)5-8-12/h4,7H,3,5-6,8-9H2,1-2H3/t12-/m0/s1. The molecule has 0 unspecified atom stereocenters. The highest BCUT2D eigenvalue weighted by molar-refractivity contribution is 5.90. The second-order valence-electron chi connectivity index (χ2n) is 4.09. The molecule has 0 heterocycles. The highest BCUT2D eigenvalue weighted by Crippen LogP contribution is 2.37. The fourth-order valence-electron chi connectivity index (χ4n) is 1.94. The molecule has 0 saturated carbocycles. The molecular formula is C12H18O3. The topological polar surface area (TPSA) is 43.4 Å². The van der Waals surface area contributed by atoms with Crippen molar-refractivity contribution in [3.63, 3.8) is 0 Å². The number of ether oxygens (including phenoxy) is 1. The van der Waals surface area contributed by atoms with Gasteiger partial charge in [-0.05, 0) is 30.8 Å². The summed E-state index contributed by atoms with van der Waals surface area (Å²) < 4.78 is 4.62. The fraction of sp³-hybridized carbons (Fsp3) is 0.667. The molecule has 3 nitrogen and oxygen atoms in total. The molecular weight excluding hydrogens is 192 g/mol. The predicted octanol–water partition coefficient (Wildman–Crippen LogP) is 2.26. The van der Waals surface area contributed by atoms with Crippen molar-refractivity contribution in [1.29, 1.82) is 0 Å². The normalized spacial score (nSPS) is 25.3. The van der Waals surface area contributed by atoms with Gasteiger partial charge in [-0.1, -0.05) is 13.0 Å². The molecule has 0 aromatic carbocycles. The minimum Gasteiger partial charge on any atom is -0.469 e. The van der Waals surface area contributed by atoms with Crippen LogP contribution in [0.4, 0.5) is 0 Å². The number of ketones is 1. The van der Waals surface area contributed by atoms with Crippen LogP contribution in [0.5, 0.6) is 0 Å². The third-order valence-corrected chi connectivity index (χ3v) is 3.25. The monoisotopic (exact) mass is 210 g/mol. The van der Waals surface area contributed by atoms with E-state index in [0.29, 0.717) is 12.8 Å². The van der Waals surface area contributed by atoms with Crippen molar-refractivity contribution >= 4 is 11.8 Å². The molecule has 0 aromatic heterocycles. The van der Waals surface area contributed by atoms with Gasteiger partial charge in [-0.15, -0.1) is 0 Å². The maximum Gasteiger partial charge on any atom is 0.305 e. The smallest absolute Gasteiger partial charge is 0.305 e. The summed E-state index contributed by atoms with van der Waals surface area (Å²) in [6, 6.07) is 0. The third kappa shape index (κ3) is 3.18. The number of methoxy groups -OCH3 is 1. The van der Waals surface area contributed by atoms with E-state index in [1.807, 2.05) is 6.08 Å². The van der Waals surface area contributed by atoms with E-state index in [9.17, 15) is 9.59 Å². The Morgan fingerprint density at radius 1 is 1.60 bits per heavy atom. The van der Waals surface area contributed by atoms with E-state index in [1.165, 1.54) is 7.11 Å². The van der Waals surface area contributed by atoms with Crippen LogP contribution < -0.4 is 0 Å². The second-order valence-corrected chi connectivity index (χ2v) is 4.09. The Balaban J connectivity index is 2.58. The lowest BCUT2D eigenvalue weighted by Crippen LogP contribution is -2.23. The maximum absolute atomic E-state index is 11.1. The highest BCUT2D eigenvalue weighted by Gasteiger charge is 2.29. The molecule has 1 rings (SSSR count). The molecule has 0 bridgehead atoms. The number of hydrogen-bond donors (Lipinski definition) is 0. The molecule has 1 aliphatic rings. The van der Waals surface area contributed by atoms with Crippen molar-refractivity contribution in [3.05, 3.63) is 12.2 Å². The van der Waals surface area contributed by atoms with Gasteiger partial charge in [0.15, 0.2) is 5.78 Å². The summed E-state index contributed by atoms with van der Waals surface area (Å²) in [5.41, 5.74) is 0.0299. The van der Waals surface area contributed by atoms with E-state index in [4.69, 9.17) is 0 Å². The first-order valence-corrected chi connectivity index (χ1v) is 5.41. The first-order valence-electron chi connectivity index (χ1n) is 5.41. The lowest BCUT2D eigenvalue weighted by molar-refractivity contribution is -0.141. The minimum absolute atomic E-state index is 0.0299. The zero-order chi connectivity index (χ0) is 11.3. The Labute approximate surface area is 90.5 Å². The molecule has 0 fully saturated rings. The lowest BCUT2D eigenvalue weighted by atomic mass is 9.73. The van der Waals surface area contributed by atoms with Crippen LogP contribution in [0.1, 0.15) is 39.0 Å². The summed E-state index contributed by atoms with van der Waals surface area (Å²) in [5.74, 6) is 0.0188. The van der Waals surface area contributed by atoms with Crippen LogP contribution in [0.25, 0.3) is 0 Å². The average Bonchev–Trinajstić information content (AvgIpc) is 2.28. The van der Waals surface area contributed by atoms with Crippen molar-refractivity contribution in [2.24, 2.45) is 5.41 Å². The van der Waals surface area contributed by atoms with E-state index in [-0.39, 0.29) is 17.2 Å². The Morgan fingerprint density at radius 2 is 2.33 bits per heavy atom. The maximum atomic E-state index is 11.1. The zero-order valence-electron chi connectivity index (χ0n) is 9.41. The number of carbonyl (C=O) groups is 2. The zero-order valence-corrected chi connectivity index (χ0v) is 9.41. The Hall–Kier alpha value is -1.12. The van der Waals surface area contributed by atoms with Gasteiger partial charge < -0.3 is 4.74 Å².